The molecule has 0 aliphatic carbocycles. The van der Waals surface area contributed by atoms with Crippen molar-refractivity contribution in [3.8, 4) is 23.0 Å². The summed E-state index contributed by atoms with van der Waals surface area (Å²) in [6.07, 6.45) is 0. The minimum Gasteiger partial charge on any atom is -0.745 e. The van der Waals surface area contributed by atoms with E-state index in [2.05, 4.69) is 9.47 Å². The molecule has 0 radical (unpaired) electrons. The molecule has 0 fully saturated rings. The minimum atomic E-state index is -4.42. The third-order valence-electron chi connectivity index (χ3n) is 2.45. The van der Waals surface area contributed by atoms with E-state index < -0.39 is 32.1 Å². The van der Waals surface area contributed by atoms with Gasteiger partial charge >= 0.3 is 37.7 Å². The summed E-state index contributed by atoms with van der Waals surface area (Å²) < 4.78 is 70.0. The molecule has 13 heteroatoms. The number of ether oxygens (including phenoxy) is 2. The Bertz CT molecular complexity index is 851. The van der Waals surface area contributed by atoms with Gasteiger partial charge in [0.05, 0.1) is 0 Å². The normalized spacial score (nSPS) is 10.7. The average molecular weight is 446 g/mol. The van der Waals surface area contributed by atoms with Gasteiger partial charge in [-0.25, -0.2) is 16.8 Å². The SMILES string of the molecule is O=S(=O)([O-])COc1ccccc1O.O=S(=O)([O-])COc1ccccc1O.[Ca+2]. The number of benzene rings is 2. The number of phenolic OH excluding ortho intramolecular Hbond substituents is 2. The van der Waals surface area contributed by atoms with E-state index in [0.717, 1.165) is 0 Å². The van der Waals surface area contributed by atoms with Crippen LogP contribution in [0.4, 0.5) is 0 Å². The third-order valence-corrected chi connectivity index (χ3v) is 3.26. The molecule has 0 saturated heterocycles. The molecule has 0 aliphatic rings. The van der Waals surface area contributed by atoms with Crippen molar-refractivity contribution in [2.45, 2.75) is 0 Å². The van der Waals surface area contributed by atoms with Crippen molar-refractivity contribution in [1.29, 1.82) is 0 Å². The smallest absolute Gasteiger partial charge is 0.745 e. The zero-order valence-corrected chi connectivity index (χ0v) is 17.6. The molecule has 10 nitrogen and oxygen atoms in total. The van der Waals surface area contributed by atoms with Crippen LogP contribution in [0, 0.1) is 0 Å². The molecule has 27 heavy (non-hydrogen) atoms. The summed E-state index contributed by atoms with van der Waals surface area (Å²) in [6.45, 7) is 0. The van der Waals surface area contributed by atoms with Crippen LogP contribution in [0.25, 0.3) is 0 Å². The molecule has 0 aliphatic heterocycles. The number of phenols is 2. The Morgan fingerprint density at radius 2 is 1.00 bits per heavy atom. The first-order valence-electron chi connectivity index (χ1n) is 6.66. The third kappa shape index (κ3) is 11.9. The molecule has 0 bridgehead atoms. The molecular formula is C14H14CaO10S2. The molecular weight excluding hydrogens is 432 g/mol. The van der Waals surface area contributed by atoms with E-state index in [4.69, 9.17) is 10.2 Å². The van der Waals surface area contributed by atoms with Gasteiger partial charge in [0.2, 0.25) is 0 Å². The maximum Gasteiger partial charge on any atom is 2.00 e. The van der Waals surface area contributed by atoms with Crippen molar-refractivity contribution in [2.75, 3.05) is 11.9 Å². The Hall–Kier alpha value is -1.28. The van der Waals surface area contributed by atoms with Gasteiger partial charge in [0.15, 0.2) is 34.9 Å². The van der Waals surface area contributed by atoms with Crippen LogP contribution in [0.3, 0.4) is 0 Å². The van der Waals surface area contributed by atoms with Crippen LogP contribution in [0.5, 0.6) is 23.0 Å². The number of hydrogen-bond donors (Lipinski definition) is 2. The first kappa shape index (κ1) is 25.7. The molecule has 2 aromatic rings. The predicted molar refractivity (Wildman–Crippen MR) is 92.4 cm³/mol. The van der Waals surface area contributed by atoms with Gasteiger partial charge in [0, 0.05) is 0 Å². The van der Waals surface area contributed by atoms with Crippen molar-refractivity contribution in [1.82, 2.24) is 0 Å². The topological polar surface area (TPSA) is 173 Å². The van der Waals surface area contributed by atoms with Gasteiger partial charge in [-0.15, -0.1) is 0 Å². The number of hydrogen-bond acceptors (Lipinski definition) is 10. The maximum atomic E-state index is 10.2. The van der Waals surface area contributed by atoms with Gasteiger partial charge in [0.25, 0.3) is 0 Å². The molecule has 2 rings (SSSR count). The fraction of sp³-hybridized carbons (Fsp3) is 0.143. The van der Waals surface area contributed by atoms with E-state index in [1.54, 1.807) is 24.3 Å². The van der Waals surface area contributed by atoms with E-state index in [-0.39, 0.29) is 60.7 Å². The summed E-state index contributed by atoms with van der Waals surface area (Å²) in [6, 6.07) is 11.6. The fourth-order valence-corrected chi connectivity index (χ4v) is 1.97. The zero-order chi connectivity index (χ0) is 19.8. The molecule has 0 heterocycles. The van der Waals surface area contributed by atoms with Crippen LogP contribution in [-0.2, 0) is 20.2 Å². The number of para-hydroxylation sites is 4. The Morgan fingerprint density at radius 3 is 1.26 bits per heavy atom. The zero-order valence-electron chi connectivity index (χ0n) is 13.7. The van der Waals surface area contributed by atoms with Gasteiger partial charge in [-0.2, -0.15) is 0 Å². The largest absolute Gasteiger partial charge is 2.00 e. The summed E-state index contributed by atoms with van der Waals surface area (Å²) in [4.78, 5) is 0. The van der Waals surface area contributed by atoms with Crippen LogP contribution in [-0.4, -0.2) is 85.8 Å². The van der Waals surface area contributed by atoms with Gasteiger partial charge < -0.3 is 28.8 Å². The standard InChI is InChI=1S/2C7H8O5S.Ca/c2*8-6-3-1-2-4-7(6)12-5-13(9,10)11;/h2*1-4,8H,5H2,(H,9,10,11);/q;;+2/p-2. The summed E-state index contributed by atoms with van der Waals surface area (Å²) >= 11 is 0. The molecule has 0 unspecified atom stereocenters. The van der Waals surface area contributed by atoms with Crippen LogP contribution >= 0.6 is 0 Å². The second-order valence-electron chi connectivity index (χ2n) is 4.58. The number of aromatic hydroxyl groups is 2. The maximum absolute atomic E-state index is 10.2. The summed E-state index contributed by atoms with van der Waals surface area (Å²) in [5.74, 6) is -2.42. The van der Waals surface area contributed by atoms with E-state index in [9.17, 15) is 25.9 Å². The predicted octanol–water partition coefficient (Wildman–Crippen LogP) is 0.167. The summed E-state index contributed by atoms with van der Waals surface area (Å²) in [5, 5.41) is 18.2. The minimum absolute atomic E-state index is 0. The molecule has 0 saturated carbocycles. The molecule has 0 amide bonds. The first-order valence-corrected chi connectivity index (χ1v) is 9.82. The van der Waals surface area contributed by atoms with Crippen molar-refractivity contribution >= 4 is 58.0 Å². The van der Waals surface area contributed by atoms with Crippen LogP contribution in [0.1, 0.15) is 0 Å². The first-order chi connectivity index (χ1) is 12.0. The molecule has 2 N–H and O–H groups in total. The number of rotatable bonds is 6. The fourth-order valence-electron chi connectivity index (χ4n) is 1.43. The second kappa shape index (κ2) is 11.5. The Balaban J connectivity index is 0.000000483. The summed E-state index contributed by atoms with van der Waals surface area (Å²) in [7, 11) is -8.84. The van der Waals surface area contributed by atoms with Crippen molar-refractivity contribution in [2.24, 2.45) is 0 Å². The van der Waals surface area contributed by atoms with Gasteiger partial charge in [-0.05, 0) is 24.3 Å². The summed E-state index contributed by atoms with van der Waals surface area (Å²) in [5.41, 5.74) is 0. The van der Waals surface area contributed by atoms with Crippen molar-refractivity contribution in [3.63, 3.8) is 0 Å². The van der Waals surface area contributed by atoms with Gasteiger partial charge in [0.1, 0.15) is 20.2 Å². The monoisotopic (exact) mass is 446 g/mol. The van der Waals surface area contributed by atoms with E-state index >= 15 is 0 Å². The quantitative estimate of drug-likeness (QED) is 0.460. The Kier molecular flexibility index (Phi) is 11.0. The van der Waals surface area contributed by atoms with E-state index in [0.29, 0.717) is 0 Å². The van der Waals surface area contributed by atoms with Gasteiger partial charge in [-0.1, -0.05) is 24.3 Å². The van der Waals surface area contributed by atoms with Crippen LogP contribution < -0.4 is 9.47 Å². The molecule has 0 spiro atoms. The average Bonchev–Trinajstić information content (AvgIpc) is 2.52. The van der Waals surface area contributed by atoms with Crippen LogP contribution in [0.15, 0.2) is 48.5 Å². The van der Waals surface area contributed by atoms with Crippen molar-refractivity contribution in [3.05, 3.63) is 48.5 Å². The Morgan fingerprint density at radius 1 is 0.704 bits per heavy atom. The molecule has 0 atom stereocenters. The molecule has 144 valence electrons. The van der Waals surface area contributed by atoms with Gasteiger partial charge in [-0.3, -0.25) is 0 Å². The Labute approximate surface area is 185 Å². The van der Waals surface area contributed by atoms with E-state index in [1.807, 2.05) is 0 Å². The molecule has 2 aromatic carbocycles. The van der Waals surface area contributed by atoms with E-state index in [1.165, 1.54) is 24.3 Å². The van der Waals surface area contributed by atoms with Crippen LogP contribution in [0.2, 0.25) is 0 Å². The van der Waals surface area contributed by atoms with Crippen molar-refractivity contribution < 1.29 is 45.6 Å². The molecule has 0 aromatic heterocycles. The second-order valence-corrected chi connectivity index (χ2v) is 7.28.